The molecule has 6 heteroatoms. The van der Waals surface area contributed by atoms with Crippen LogP contribution in [0.3, 0.4) is 0 Å². The topological polar surface area (TPSA) is 67.9 Å². The Bertz CT molecular complexity index is 580. The molecular formula is C18H26N2O4. The second kappa shape index (κ2) is 8.68. The first-order valence-corrected chi connectivity index (χ1v) is 8.36. The molecule has 1 aromatic carbocycles. The van der Waals surface area contributed by atoms with E-state index in [1.807, 2.05) is 6.07 Å². The van der Waals surface area contributed by atoms with Crippen LogP contribution in [0, 0.1) is 5.92 Å². The number of methoxy groups -OCH3 is 1. The molecule has 6 nitrogen and oxygen atoms in total. The summed E-state index contributed by atoms with van der Waals surface area (Å²) < 4.78 is 10.2. The van der Waals surface area contributed by atoms with Crippen LogP contribution in [-0.2, 0) is 14.3 Å². The number of ether oxygens (including phenoxy) is 2. The highest BCUT2D eigenvalue weighted by atomic mass is 16.5. The summed E-state index contributed by atoms with van der Waals surface area (Å²) in [4.78, 5) is 26.2. The van der Waals surface area contributed by atoms with E-state index in [9.17, 15) is 9.59 Å². The van der Waals surface area contributed by atoms with Crippen molar-refractivity contribution >= 4 is 23.3 Å². The molecule has 0 unspecified atom stereocenters. The summed E-state index contributed by atoms with van der Waals surface area (Å²) in [5.74, 6) is 0.0114. The van der Waals surface area contributed by atoms with Crippen molar-refractivity contribution in [2.45, 2.75) is 26.7 Å². The largest absolute Gasteiger partial charge is 0.465 e. The van der Waals surface area contributed by atoms with Gasteiger partial charge in [-0.25, -0.2) is 4.79 Å². The molecule has 0 bridgehead atoms. The minimum Gasteiger partial charge on any atom is -0.465 e. The molecule has 1 amide bonds. The lowest BCUT2D eigenvalue weighted by atomic mass is 10.1. The normalized spacial score (nSPS) is 14.6. The Kier molecular flexibility index (Phi) is 6.61. The van der Waals surface area contributed by atoms with Gasteiger partial charge in [0.05, 0.1) is 37.3 Å². The van der Waals surface area contributed by atoms with Crippen LogP contribution in [0.25, 0.3) is 0 Å². The van der Waals surface area contributed by atoms with Crippen LogP contribution >= 0.6 is 0 Å². The van der Waals surface area contributed by atoms with Crippen molar-refractivity contribution in [2.75, 3.05) is 43.6 Å². The number of carbonyl (C=O) groups excluding carboxylic acids is 2. The highest BCUT2D eigenvalue weighted by molar-refractivity contribution is 5.98. The lowest BCUT2D eigenvalue weighted by molar-refractivity contribution is -0.116. The molecule has 2 rings (SSSR count). The molecular weight excluding hydrogens is 308 g/mol. The van der Waals surface area contributed by atoms with Crippen LogP contribution in [0.1, 0.15) is 37.0 Å². The van der Waals surface area contributed by atoms with Crippen LogP contribution in [-0.4, -0.2) is 45.3 Å². The fourth-order valence-electron chi connectivity index (χ4n) is 2.59. The first-order chi connectivity index (χ1) is 11.5. The summed E-state index contributed by atoms with van der Waals surface area (Å²) in [6, 6.07) is 5.26. The summed E-state index contributed by atoms with van der Waals surface area (Å²) in [6.07, 6.45) is 1.29. The molecule has 0 aromatic heterocycles. The number of amides is 1. The van der Waals surface area contributed by atoms with E-state index >= 15 is 0 Å². The van der Waals surface area contributed by atoms with Crippen molar-refractivity contribution in [1.82, 2.24) is 0 Å². The quantitative estimate of drug-likeness (QED) is 0.810. The molecule has 1 aliphatic heterocycles. The van der Waals surface area contributed by atoms with E-state index in [2.05, 4.69) is 24.1 Å². The zero-order valence-electron chi connectivity index (χ0n) is 14.6. The molecule has 132 valence electrons. The molecule has 1 heterocycles. The molecule has 0 spiro atoms. The van der Waals surface area contributed by atoms with Gasteiger partial charge in [0.15, 0.2) is 0 Å². The van der Waals surface area contributed by atoms with Gasteiger partial charge in [-0.2, -0.15) is 0 Å². The van der Waals surface area contributed by atoms with Crippen LogP contribution < -0.4 is 10.2 Å². The Hall–Kier alpha value is -2.08. The molecule has 0 atom stereocenters. The lowest BCUT2D eigenvalue weighted by Gasteiger charge is -2.30. The zero-order valence-corrected chi connectivity index (χ0v) is 14.6. The average molecular weight is 334 g/mol. The van der Waals surface area contributed by atoms with Crippen molar-refractivity contribution in [3.8, 4) is 0 Å². The van der Waals surface area contributed by atoms with E-state index in [1.54, 1.807) is 12.1 Å². The number of nitrogens with one attached hydrogen (secondary N) is 1. The SMILES string of the molecule is COC(=O)c1ccc(N2CCOCC2)c(NC(=O)CCC(C)C)c1. The Balaban J connectivity index is 2.22. The third-order valence-electron chi connectivity index (χ3n) is 3.99. The predicted octanol–water partition coefficient (Wildman–Crippen LogP) is 2.68. The van der Waals surface area contributed by atoms with Gasteiger partial charge in [0.2, 0.25) is 5.91 Å². The smallest absolute Gasteiger partial charge is 0.337 e. The fraction of sp³-hybridized carbons (Fsp3) is 0.556. The average Bonchev–Trinajstić information content (AvgIpc) is 2.60. The maximum atomic E-state index is 12.2. The minimum absolute atomic E-state index is 0.0415. The molecule has 1 aromatic rings. The maximum Gasteiger partial charge on any atom is 0.337 e. The standard InChI is InChI=1S/C18H26N2O4/c1-13(2)4-7-17(21)19-15-12-14(18(22)23-3)5-6-16(15)20-8-10-24-11-9-20/h5-6,12-13H,4,7-11H2,1-3H3,(H,19,21). The van der Waals surface area contributed by atoms with E-state index in [-0.39, 0.29) is 5.91 Å². The fourth-order valence-corrected chi connectivity index (χ4v) is 2.59. The molecule has 1 N–H and O–H groups in total. The summed E-state index contributed by atoms with van der Waals surface area (Å²) >= 11 is 0. The number of anilines is 2. The Morgan fingerprint density at radius 3 is 2.62 bits per heavy atom. The van der Waals surface area contributed by atoms with Gasteiger partial charge < -0.3 is 19.7 Å². The van der Waals surface area contributed by atoms with Gasteiger partial charge in [0.25, 0.3) is 0 Å². The third-order valence-corrected chi connectivity index (χ3v) is 3.99. The first-order valence-electron chi connectivity index (χ1n) is 8.36. The number of nitrogens with zero attached hydrogens (tertiary/aromatic N) is 1. The summed E-state index contributed by atoms with van der Waals surface area (Å²) in [6.45, 7) is 6.99. The van der Waals surface area contributed by atoms with E-state index < -0.39 is 5.97 Å². The minimum atomic E-state index is -0.416. The number of hydrogen-bond acceptors (Lipinski definition) is 5. The number of esters is 1. The second-order valence-corrected chi connectivity index (χ2v) is 6.30. The van der Waals surface area contributed by atoms with Gasteiger partial charge in [0.1, 0.15) is 0 Å². The van der Waals surface area contributed by atoms with E-state index in [0.29, 0.717) is 36.8 Å². The summed E-state index contributed by atoms with van der Waals surface area (Å²) in [5, 5.41) is 2.95. The molecule has 0 aliphatic carbocycles. The predicted molar refractivity (Wildman–Crippen MR) is 93.5 cm³/mol. The number of carbonyl (C=O) groups is 2. The molecule has 1 saturated heterocycles. The third kappa shape index (κ3) is 4.96. The van der Waals surface area contributed by atoms with Crippen molar-refractivity contribution in [3.05, 3.63) is 23.8 Å². The molecule has 0 radical (unpaired) electrons. The number of morpholine rings is 1. The van der Waals surface area contributed by atoms with Gasteiger partial charge in [0, 0.05) is 19.5 Å². The van der Waals surface area contributed by atoms with Crippen LogP contribution in [0.4, 0.5) is 11.4 Å². The Morgan fingerprint density at radius 2 is 2.00 bits per heavy atom. The first kappa shape index (κ1) is 18.3. The highest BCUT2D eigenvalue weighted by Gasteiger charge is 2.18. The molecule has 1 fully saturated rings. The van der Waals surface area contributed by atoms with Crippen LogP contribution in [0.5, 0.6) is 0 Å². The molecule has 0 saturated carbocycles. The van der Waals surface area contributed by atoms with Crippen LogP contribution in [0.2, 0.25) is 0 Å². The molecule has 1 aliphatic rings. The summed E-state index contributed by atoms with van der Waals surface area (Å²) in [7, 11) is 1.35. The van der Waals surface area contributed by atoms with Gasteiger partial charge >= 0.3 is 5.97 Å². The van der Waals surface area contributed by atoms with Crippen molar-refractivity contribution < 1.29 is 19.1 Å². The highest BCUT2D eigenvalue weighted by Crippen LogP contribution is 2.28. The lowest BCUT2D eigenvalue weighted by Crippen LogP contribution is -2.36. The Labute approximate surface area is 143 Å². The second-order valence-electron chi connectivity index (χ2n) is 6.30. The monoisotopic (exact) mass is 334 g/mol. The van der Waals surface area contributed by atoms with E-state index in [1.165, 1.54) is 7.11 Å². The molecule has 24 heavy (non-hydrogen) atoms. The van der Waals surface area contributed by atoms with Crippen LogP contribution in [0.15, 0.2) is 18.2 Å². The van der Waals surface area contributed by atoms with Crippen molar-refractivity contribution in [2.24, 2.45) is 5.92 Å². The summed E-state index contributed by atoms with van der Waals surface area (Å²) in [5.41, 5.74) is 1.98. The van der Waals surface area contributed by atoms with Crippen molar-refractivity contribution in [1.29, 1.82) is 0 Å². The number of rotatable bonds is 6. The van der Waals surface area contributed by atoms with Gasteiger partial charge in [-0.05, 0) is 30.5 Å². The number of hydrogen-bond donors (Lipinski definition) is 1. The van der Waals surface area contributed by atoms with Gasteiger partial charge in [-0.15, -0.1) is 0 Å². The zero-order chi connectivity index (χ0) is 17.5. The Morgan fingerprint density at radius 1 is 1.29 bits per heavy atom. The maximum absolute atomic E-state index is 12.2. The van der Waals surface area contributed by atoms with Crippen molar-refractivity contribution in [3.63, 3.8) is 0 Å². The van der Waals surface area contributed by atoms with Gasteiger partial charge in [-0.3, -0.25) is 4.79 Å². The number of benzene rings is 1. The van der Waals surface area contributed by atoms with E-state index in [0.717, 1.165) is 25.2 Å². The van der Waals surface area contributed by atoms with E-state index in [4.69, 9.17) is 9.47 Å². The van der Waals surface area contributed by atoms with Gasteiger partial charge in [-0.1, -0.05) is 13.8 Å².